The van der Waals surface area contributed by atoms with Gasteiger partial charge in [-0.15, -0.1) is 6.58 Å². The van der Waals surface area contributed by atoms with E-state index >= 15 is 0 Å². The molecule has 92 valence electrons. The lowest BCUT2D eigenvalue weighted by molar-refractivity contribution is -0.384. The molecule has 0 amide bonds. The fraction of sp³-hybridized carbons (Fsp3) is 0.273. The van der Waals surface area contributed by atoms with Crippen LogP contribution in [-0.2, 0) is 0 Å². The predicted molar refractivity (Wildman–Crippen MR) is 74.1 cm³/mol. The van der Waals surface area contributed by atoms with Crippen LogP contribution in [0.3, 0.4) is 0 Å². The van der Waals surface area contributed by atoms with E-state index in [0.717, 1.165) is 11.5 Å². The normalized spacial score (nSPS) is 9.94. The zero-order valence-electron chi connectivity index (χ0n) is 9.19. The van der Waals surface area contributed by atoms with Crippen molar-refractivity contribution in [1.82, 2.24) is 0 Å². The molecule has 4 nitrogen and oxygen atoms in total. The summed E-state index contributed by atoms with van der Waals surface area (Å²) in [7, 11) is 0. The summed E-state index contributed by atoms with van der Waals surface area (Å²) in [5.41, 5.74) is 0.504. The highest BCUT2D eigenvalue weighted by Crippen LogP contribution is 2.27. The quantitative estimate of drug-likeness (QED) is 0.357. The Hall–Kier alpha value is -1.20. The fourth-order valence-electron chi connectivity index (χ4n) is 1.23. The second kappa shape index (κ2) is 7.19. The van der Waals surface area contributed by atoms with Gasteiger partial charge in [-0.3, -0.25) is 10.1 Å². The van der Waals surface area contributed by atoms with Crippen molar-refractivity contribution in [3.05, 3.63) is 46.0 Å². The predicted octanol–water partition coefficient (Wildman–Crippen LogP) is 3.58. The Bertz CT molecular complexity index is 412. The van der Waals surface area contributed by atoms with Gasteiger partial charge in [0.25, 0.3) is 5.69 Å². The van der Waals surface area contributed by atoms with Crippen LogP contribution in [0, 0.1) is 10.1 Å². The molecule has 1 aromatic carbocycles. The van der Waals surface area contributed by atoms with Crippen LogP contribution in [-0.4, -0.2) is 23.0 Å². The number of nitrogens with zero attached hydrogens (tertiary/aromatic N) is 1. The molecule has 0 saturated heterocycles. The summed E-state index contributed by atoms with van der Waals surface area (Å²) in [4.78, 5) is 10.4. The maximum atomic E-state index is 10.8. The van der Waals surface area contributed by atoms with Gasteiger partial charge in [-0.1, -0.05) is 17.7 Å². The first kappa shape index (κ1) is 13.9. The van der Waals surface area contributed by atoms with Crippen molar-refractivity contribution >= 4 is 34.7 Å². The largest absolute Gasteiger partial charge is 0.379 e. The van der Waals surface area contributed by atoms with Crippen molar-refractivity contribution in [3.8, 4) is 0 Å². The van der Waals surface area contributed by atoms with Crippen molar-refractivity contribution in [2.24, 2.45) is 0 Å². The van der Waals surface area contributed by atoms with Crippen LogP contribution in [0.15, 0.2) is 30.9 Å². The zero-order chi connectivity index (χ0) is 12.7. The topological polar surface area (TPSA) is 55.2 Å². The molecule has 0 spiro atoms. The minimum atomic E-state index is -0.421. The maximum absolute atomic E-state index is 10.8. The third kappa shape index (κ3) is 4.66. The summed E-state index contributed by atoms with van der Waals surface area (Å²) in [5.74, 6) is 1.73. The van der Waals surface area contributed by atoms with E-state index < -0.39 is 4.92 Å². The Morgan fingerprint density at radius 2 is 2.35 bits per heavy atom. The number of nitro groups is 1. The molecule has 0 aliphatic carbocycles. The van der Waals surface area contributed by atoms with Crippen molar-refractivity contribution in [1.29, 1.82) is 0 Å². The minimum absolute atomic E-state index is 0.0446. The molecular formula is C11H13ClN2O2S. The molecule has 0 aliphatic rings. The molecule has 0 heterocycles. The van der Waals surface area contributed by atoms with E-state index in [2.05, 4.69) is 11.9 Å². The number of nitrogens with one attached hydrogen (secondary N) is 1. The molecule has 1 rings (SSSR count). The van der Waals surface area contributed by atoms with E-state index in [1.807, 2.05) is 6.08 Å². The average molecular weight is 273 g/mol. The van der Waals surface area contributed by atoms with E-state index in [0.29, 0.717) is 17.3 Å². The number of halogens is 1. The zero-order valence-corrected chi connectivity index (χ0v) is 10.8. The van der Waals surface area contributed by atoms with Gasteiger partial charge in [-0.2, -0.15) is 11.8 Å². The van der Waals surface area contributed by atoms with Crippen LogP contribution in [0.1, 0.15) is 0 Å². The Morgan fingerprint density at radius 1 is 1.59 bits per heavy atom. The molecule has 1 aromatic rings. The lowest BCUT2D eigenvalue weighted by Gasteiger charge is -2.06. The van der Waals surface area contributed by atoms with Crippen LogP contribution in [0.25, 0.3) is 0 Å². The lowest BCUT2D eigenvalue weighted by Crippen LogP contribution is -2.06. The van der Waals surface area contributed by atoms with E-state index in [4.69, 9.17) is 11.6 Å². The third-order valence-electron chi connectivity index (χ3n) is 1.95. The summed E-state index contributed by atoms with van der Waals surface area (Å²) in [5, 5.41) is 14.3. The second-order valence-corrected chi connectivity index (χ2v) is 4.80. The van der Waals surface area contributed by atoms with Crippen molar-refractivity contribution in [2.75, 3.05) is 23.4 Å². The highest BCUT2D eigenvalue weighted by atomic mass is 35.5. The molecule has 0 aliphatic heterocycles. The van der Waals surface area contributed by atoms with Gasteiger partial charge in [0, 0.05) is 29.1 Å². The molecule has 0 aromatic heterocycles. The third-order valence-corrected chi connectivity index (χ3v) is 3.15. The monoisotopic (exact) mass is 272 g/mol. The number of benzene rings is 1. The van der Waals surface area contributed by atoms with Crippen molar-refractivity contribution in [3.63, 3.8) is 0 Å². The number of rotatable bonds is 7. The van der Waals surface area contributed by atoms with Crippen LogP contribution >= 0.6 is 23.4 Å². The maximum Gasteiger partial charge on any atom is 0.292 e. The summed E-state index contributed by atoms with van der Waals surface area (Å²) in [6.07, 6.45) is 1.83. The van der Waals surface area contributed by atoms with Gasteiger partial charge in [-0.05, 0) is 12.1 Å². The highest BCUT2D eigenvalue weighted by Gasteiger charge is 2.12. The first-order valence-electron chi connectivity index (χ1n) is 5.01. The fourth-order valence-corrected chi connectivity index (χ4v) is 1.99. The van der Waals surface area contributed by atoms with Crippen LogP contribution in [0.4, 0.5) is 11.4 Å². The van der Waals surface area contributed by atoms with Gasteiger partial charge in [-0.25, -0.2) is 0 Å². The Labute approximate surface area is 109 Å². The summed E-state index contributed by atoms with van der Waals surface area (Å²) in [6, 6.07) is 4.48. The van der Waals surface area contributed by atoms with Gasteiger partial charge in [0.05, 0.1) is 4.92 Å². The first-order valence-corrected chi connectivity index (χ1v) is 6.55. The number of anilines is 1. The lowest BCUT2D eigenvalue weighted by atomic mass is 10.2. The van der Waals surface area contributed by atoms with Crippen molar-refractivity contribution < 1.29 is 4.92 Å². The second-order valence-electron chi connectivity index (χ2n) is 3.21. The molecule has 0 bridgehead atoms. The smallest absolute Gasteiger partial charge is 0.292 e. The van der Waals surface area contributed by atoms with Gasteiger partial charge in [0.2, 0.25) is 0 Å². The van der Waals surface area contributed by atoms with E-state index in [-0.39, 0.29) is 5.69 Å². The molecule has 1 N–H and O–H groups in total. The highest BCUT2D eigenvalue weighted by molar-refractivity contribution is 7.99. The molecule has 0 fully saturated rings. The molecule has 6 heteroatoms. The van der Waals surface area contributed by atoms with E-state index in [1.165, 1.54) is 12.1 Å². The van der Waals surface area contributed by atoms with E-state index in [9.17, 15) is 10.1 Å². The van der Waals surface area contributed by atoms with Gasteiger partial charge in [0.1, 0.15) is 5.69 Å². The number of hydrogen-bond donors (Lipinski definition) is 1. The Morgan fingerprint density at radius 3 is 3.00 bits per heavy atom. The SMILES string of the molecule is C=CCSCCNc1cc(Cl)ccc1[N+](=O)[O-]. The average Bonchev–Trinajstić information content (AvgIpc) is 2.28. The van der Waals surface area contributed by atoms with Crippen LogP contribution in [0.2, 0.25) is 5.02 Å². The van der Waals surface area contributed by atoms with Gasteiger partial charge in [0.15, 0.2) is 0 Å². The van der Waals surface area contributed by atoms with Gasteiger partial charge >= 0.3 is 0 Å². The molecule has 0 atom stereocenters. The van der Waals surface area contributed by atoms with E-state index in [1.54, 1.807) is 17.8 Å². The molecule has 0 radical (unpaired) electrons. The number of nitro benzene ring substituents is 1. The Balaban J connectivity index is 2.59. The van der Waals surface area contributed by atoms with Crippen LogP contribution < -0.4 is 5.32 Å². The van der Waals surface area contributed by atoms with Crippen LogP contribution in [0.5, 0.6) is 0 Å². The summed E-state index contributed by atoms with van der Waals surface area (Å²) >= 11 is 7.51. The molecular weight excluding hydrogens is 260 g/mol. The summed E-state index contributed by atoms with van der Waals surface area (Å²) in [6.45, 7) is 4.27. The molecule has 0 unspecified atom stereocenters. The first-order chi connectivity index (χ1) is 8.15. The summed E-state index contributed by atoms with van der Waals surface area (Å²) < 4.78 is 0. The molecule has 0 saturated carbocycles. The Kier molecular flexibility index (Phi) is 5.86. The number of thioether (sulfide) groups is 1. The molecule has 17 heavy (non-hydrogen) atoms. The van der Waals surface area contributed by atoms with Crippen molar-refractivity contribution in [2.45, 2.75) is 0 Å². The number of hydrogen-bond acceptors (Lipinski definition) is 4. The van der Waals surface area contributed by atoms with Gasteiger partial charge < -0.3 is 5.32 Å². The minimum Gasteiger partial charge on any atom is -0.379 e. The standard InChI is InChI=1S/C11H13ClN2O2S/c1-2-6-17-7-5-13-10-8-9(12)3-4-11(10)14(15)16/h2-4,8,13H,1,5-7H2.